The van der Waals surface area contributed by atoms with E-state index in [1.54, 1.807) is 27.3 Å². The van der Waals surface area contributed by atoms with Crippen LogP contribution in [0.5, 0.6) is 0 Å². The molecule has 3 atom stereocenters. The summed E-state index contributed by atoms with van der Waals surface area (Å²) in [6.07, 6.45) is 7.74. The first-order valence-corrected chi connectivity index (χ1v) is 15.9. The number of benzene rings is 1. The fraction of sp³-hybridized carbons (Fsp3) is 0.323. The van der Waals surface area contributed by atoms with E-state index in [0.717, 1.165) is 29.0 Å². The summed E-state index contributed by atoms with van der Waals surface area (Å²) in [4.78, 5) is 18.9. The molecule has 44 heavy (non-hydrogen) atoms. The Morgan fingerprint density at radius 1 is 1.07 bits per heavy atom. The molecular weight excluding hydrogens is 596 g/mol. The van der Waals surface area contributed by atoms with Gasteiger partial charge in [-0.1, -0.05) is 5.57 Å². The molecule has 228 valence electrons. The molecule has 0 radical (unpaired) electrons. The van der Waals surface area contributed by atoms with Crippen LogP contribution in [0.3, 0.4) is 0 Å². The standard InChI is InChI=1S/C31H28F4N6O2S/c1-44(43,26-17-37-38-18-26)41(25-14-31(34,35)15-25)24-5-2-20-10-28-19(16-39-40(28)23-6-3-21(32)4-7-23)12-30(20,13-24)29(42)27-11-22(33)8-9-36-27/h3-4,6-11,16-18,24-25H,1-2,5,12-15H2,(H,37,38)/t24-,30-,44?/m0/s1. The van der Waals surface area contributed by atoms with Crippen molar-refractivity contribution < 1.29 is 26.6 Å². The van der Waals surface area contributed by atoms with Gasteiger partial charge in [0.2, 0.25) is 0 Å². The van der Waals surface area contributed by atoms with Crippen LogP contribution in [0.4, 0.5) is 17.6 Å². The van der Waals surface area contributed by atoms with Crippen LogP contribution >= 0.6 is 0 Å². The molecule has 0 bridgehead atoms. The second-order valence-electron chi connectivity index (χ2n) is 11.8. The summed E-state index contributed by atoms with van der Waals surface area (Å²) in [5, 5.41) is 11.1. The third kappa shape index (κ3) is 4.69. The molecule has 3 heterocycles. The minimum atomic E-state index is -3.27. The number of halogens is 4. The third-order valence-corrected chi connectivity index (χ3v) is 11.3. The number of nitrogens with zero attached hydrogens (tertiary/aromatic N) is 5. The Labute approximate surface area is 250 Å². The molecule has 0 saturated heterocycles. The van der Waals surface area contributed by atoms with Gasteiger partial charge >= 0.3 is 0 Å². The number of pyridine rings is 1. The SMILES string of the molecule is C=S(=O)(c1cn[nH]c1)N(C1CC(F)(F)C1)[C@H]1CCC2=Cc3c(cnn3-c3ccc(F)cc3)C[C@]2(C(=O)c2cc(F)ccn2)C1. The second kappa shape index (κ2) is 10.2. The molecule has 3 aliphatic carbocycles. The van der Waals surface area contributed by atoms with Crippen LogP contribution in [0.2, 0.25) is 0 Å². The molecule has 0 aliphatic heterocycles. The molecule has 1 N–H and O–H groups in total. The van der Waals surface area contributed by atoms with Crippen LogP contribution in [-0.4, -0.2) is 63.1 Å². The summed E-state index contributed by atoms with van der Waals surface area (Å²) >= 11 is 0. The first-order chi connectivity index (χ1) is 21.0. The van der Waals surface area contributed by atoms with Crippen LogP contribution in [0.15, 0.2) is 71.7 Å². The van der Waals surface area contributed by atoms with Gasteiger partial charge in [-0.15, -0.1) is 0 Å². The molecule has 3 aliphatic rings. The Hall–Kier alpha value is -4.10. The molecule has 4 aromatic rings. The zero-order chi connectivity index (χ0) is 30.9. The maximum atomic E-state index is 14.5. The molecule has 13 heteroatoms. The van der Waals surface area contributed by atoms with Gasteiger partial charge in [-0.05, 0) is 73.5 Å². The summed E-state index contributed by atoms with van der Waals surface area (Å²) < 4.78 is 74.0. The summed E-state index contributed by atoms with van der Waals surface area (Å²) in [5.41, 5.74) is 1.57. The van der Waals surface area contributed by atoms with Gasteiger partial charge < -0.3 is 0 Å². The molecule has 1 aromatic carbocycles. The van der Waals surface area contributed by atoms with Gasteiger partial charge in [-0.25, -0.2) is 30.8 Å². The van der Waals surface area contributed by atoms with E-state index in [-0.39, 0.29) is 29.2 Å². The molecule has 1 unspecified atom stereocenters. The van der Waals surface area contributed by atoms with E-state index in [4.69, 9.17) is 0 Å². The smallest absolute Gasteiger partial charge is 0.251 e. The summed E-state index contributed by atoms with van der Waals surface area (Å²) in [7, 11) is -3.27. The van der Waals surface area contributed by atoms with Crippen LogP contribution in [0, 0.1) is 17.0 Å². The molecule has 0 spiro atoms. The number of fused-ring (bicyclic) bond motifs is 2. The van der Waals surface area contributed by atoms with E-state index in [9.17, 15) is 26.6 Å². The van der Waals surface area contributed by atoms with Gasteiger partial charge in [0.15, 0.2) is 5.78 Å². The topological polar surface area (TPSA) is 96.8 Å². The number of carbonyl (C=O) groups is 1. The predicted octanol–water partition coefficient (Wildman–Crippen LogP) is 5.42. The maximum absolute atomic E-state index is 14.5. The minimum Gasteiger partial charge on any atom is -0.291 e. The number of aromatic nitrogens is 5. The number of hydrogen-bond acceptors (Lipinski definition) is 5. The number of nitrogens with one attached hydrogen (secondary N) is 1. The van der Waals surface area contributed by atoms with Crippen LogP contribution < -0.4 is 0 Å². The number of hydrogen-bond donors (Lipinski definition) is 1. The van der Waals surface area contributed by atoms with Gasteiger partial charge in [0.1, 0.15) is 17.3 Å². The molecule has 7 rings (SSSR count). The van der Waals surface area contributed by atoms with Gasteiger partial charge in [0.05, 0.1) is 43.8 Å². The predicted molar refractivity (Wildman–Crippen MR) is 156 cm³/mol. The number of rotatable bonds is 7. The van der Waals surface area contributed by atoms with Crippen LogP contribution in [0.25, 0.3) is 11.8 Å². The normalized spacial score (nSPS) is 24.1. The van der Waals surface area contributed by atoms with E-state index >= 15 is 0 Å². The Morgan fingerprint density at radius 3 is 2.52 bits per heavy atom. The highest BCUT2D eigenvalue weighted by Gasteiger charge is 2.56. The molecule has 8 nitrogen and oxygen atoms in total. The highest BCUT2D eigenvalue weighted by atomic mass is 32.2. The Bertz CT molecular complexity index is 1880. The van der Waals surface area contributed by atoms with Crippen molar-refractivity contribution in [2.45, 2.75) is 61.4 Å². The van der Waals surface area contributed by atoms with Gasteiger partial charge in [0.25, 0.3) is 5.92 Å². The average Bonchev–Trinajstić information content (AvgIpc) is 3.66. The van der Waals surface area contributed by atoms with Crippen LogP contribution in [0.1, 0.15) is 53.8 Å². The monoisotopic (exact) mass is 624 g/mol. The van der Waals surface area contributed by atoms with Crippen molar-refractivity contribution in [1.29, 1.82) is 0 Å². The maximum Gasteiger partial charge on any atom is 0.251 e. The van der Waals surface area contributed by atoms with Crippen molar-refractivity contribution in [2.24, 2.45) is 5.41 Å². The molecular formula is C31H28F4N6O2S. The van der Waals surface area contributed by atoms with Gasteiger partial charge in [-0.3, -0.25) is 14.9 Å². The van der Waals surface area contributed by atoms with Crippen molar-refractivity contribution in [1.82, 2.24) is 29.3 Å². The van der Waals surface area contributed by atoms with E-state index in [1.165, 1.54) is 30.7 Å². The van der Waals surface area contributed by atoms with Crippen molar-refractivity contribution in [3.63, 3.8) is 0 Å². The largest absolute Gasteiger partial charge is 0.291 e. The van der Waals surface area contributed by atoms with Crippen molar-refractivity contribution >= 4 is 27.4 Å². The molecule has 2 saturated carbocycles. The highest BCUT2D eigenvalue weighted by molar-refractivity contribution is 7.98. The zero-order valence-corrected chi connectivity index (χ0v) is 24.2. The Balaban J connectivity index is 1.33. The van der Waals surface area contributed by atoms with Gasteiger partial charge in [-0.2, -0.15) is 10.2 Å². The van der Waals surface area contributed by atoms with Crippen molar-refractivity contribution in [2.75, 3.05) is 0 Å². The molecule has 3 aromatic heterocycles. The number of ketones is 1. The number of allylic oxidation sites excluding steroid dienone is 1. The number of aromatic amines is 1. The van der Waals surface area contributed by atoms with E-state index < -0.39 is 57.6 Å². The van der Waals surface area contributed by atoms with Crippen molar-refractivity contribution in [3.05, 3.63) is 95.3 Å². The lowest BCUT2D eigenvalue weighted by molar-refractivity contribution is -0.115. The lowest BCUT2D eigenvalue weighted by Gasteiger charge is -2.52. The van der Waals surface area contributed by atoms with E-state index in [1.807, 2.05) is 6.08 Å². The van der Waals surface area contributed by atoms with E-state index in [2.05, 4.69) is 26.2 Å². The highest BCUT2D eigenvalue weighted by Crippen LogP contribution is 2.53. The fourth-order valence-corrected chi connectivity index (χ4v) is 8.98. The van der Waals surface area contributed by atoms with E-state index in [0.29, 0.717) is 18.5 Å². The first kappa shape index (κ1) is 28.7. The summed E-state index contributed by atoms with van der Waals surface area (Å²) in [5.74, 6) is -0.290. The summed E-state index contributed by atoms with van der Waals surface area (Å²) in [6.45, 7) is 0. The third-order valence-electron chi connectivity index (χ3n) is 9.07. The first-order valence-electron chi connectivity index (χ1n) is 14.2. The summed E-state index contributed by atoms with van der Waals surface area (Å²) in [6, 6.07) is 6.84. The van der Waals surface area contributed by atoms with Crippen LogP contribution in [-0.2, 0) is 16.1 Å². The minimum absolute atomic E-state index is 0.0576. The fourth-order valence-electron chi connectivity index (χ4n) is 6.99. The Kier molecular flexibility index (Phi) is 6.66. The average molecular weight is 625 g/mol. The van der Waals surface area contributed by atoms with Crippen molar-refractivity contribution in [3.8, 4) is 5.69 Å². The number of Topliss-reactive ketones (excluding diaryl/α,β-unsaturated/α-hetero) is 1. The van der Waals surface area contributed by atoms with Gasteiger partial charge in [0, 0.05) is 43.4 Å². The quantitative estimate of drug-likeness (QED) is 0.168. The lowest BCUT2D eigenvalue weighted by atomic mass is 9.60. The number of alkyl halides is 2. The number of H-pyrrole nitrogens is 1. The molecule has 0 amide bonds. The zero-order valence-electron chi connectivity index (χ0n) is 23.4. The second-order valence-corrected chi connectivity index (χ2v) is 14.0. The molecule has 2 fully saturated rings. The number of carbonyl (C=O) groups excluding carboxylic acids is 1. The lowest BCUT2D eigenvalue weighted by Crippen LogP contribution is -2.59. The Morgan fingerprint density at radius 2 is 1.84 bits per heavy atom.